The van der Waals surface area contributed by atoms with Crippen LogP contribution in [0.4, 0.5) is 0 Å². The van der Waals surface area contributed by atoms with Gasteiger partial charge in [-0.25, -0.2) is 0 Å². The molecule has 1 atom stereocenters. The Balaban J connectivity index is 2.18. The second-order valence-electron chi connectivity index (χ2n) is 6.77. The number of carbonyl (C=O) groups is 1. The van der Waals surface area contributed by atoms with Crippen LogP contribution in [0.3, 0.4) is 0 Å². The highest BCUT2D eigenvalue weighted by Crippen LogP contribution is 2.39. The van der Waals surface area contributed by atoms with Crippen molar-refractivity contribution < 1.29 is 15.0 Å². The fourth-order valence-corrected chi connectivity index (χ4v) is 4.48. The molecule has 1 heterocycles. The van der Waals surface area contributed by atoms with E-state index in [2.05, 4.69) is 32.6 Å². The molecule has 0 spiro atoms. The van der Waals surface area contributed by atoms with E-state index < -0.39 is 0 Å². The van der Waals surface area contributed by atoms with Crippen LogP contribution >= 0.6 is 11.8 Å². The number of phenols is 2. The van der Waals surface area contributed by atoms with Crippen LogP contribution in [0.15, 0.2) is 18.2 Å². The first-order valence-corrected chi connectivity index (χ1v) is 9.54. The number of hydrogen-bond acceptors (Lipinski definition) is 5. The number of nitrogens with zero attached hydrogens (tertiary/aromatic N) is 2. The Morgan fingerprint density at radius 2 is 1.75 bits per heavy atom. The summed E-state index contributed by atoms with van der Waals surface area (Å²) in [6.45, 7) is 10.1. The van der Waals surface area contributed by atoms with E-state index in [-0.39, 0.29) is 22.8 Å². The van der Waals surface area contributed by atoms with Gasteiger partial charge in [0.25, 0.3) is 0 Å². The third kappa shape index (κ3) is 4.57. The number of hydrogen-bond donors (Lipinski definition) is 2. The van der Waals surface area contributed by atoms with Crippen LogP contribution in [0.25, 0.3) is 0 Å². The molecule has 1 aromatic rings. The summed E-state index contributed by atoms with van der Waals surface area (Å²) in [5, 5.41) is 19.4. The Morgan fingerprint density at radius 1 is 1.17 bits per heavy atom. The topological polar surface area (TPSA) is 64.0 Å². The molecule has 24 heavy (non-hydrogen) atoms. The van der Waals surface area contributed by atoms with E-state index in [0.717, 1.165) is 17.9 Å². The van der Waals surface area contributed by atoms with Crippen molar-refractivity contribution >= 4 is 17.7 Å². The van der Waals surface area contributed by atoms with Crippen molar-refractivity contribution in [2.75, 3.05) is 18.8 Å². The molecule has 0 saturated carbocycles. The molecule has 0 radical (unpaired) electrons. The highest BCUT2D eigenvalue weighted by molar-refractivity contribution is 7.99. The molecule has 1 amide bonds. The summed E-state index contributed by atoms with van der Waals surface area (Å²) in [6.07, 6.45) is 0.537. The Bertz CT molecular complexity index is 549. The number of thioether (sulfide) groups is 1. The highest BCUT2D eigenvalue weighted by Gasteiger charge is 2.31. The van der Waals surface area contributed by atoms with E-state index in [1.54, 1.807) is 23.9 Å². The number of carbonyl (C=O) groups excluding carboxylic acids is 1. The average Bonchev–Trinajstić information content (AvgIpc) is 2.47. The zero-order valence-corrected chi connectivity index (χ0v) is 15.7. The van der Waals surface area contributed by atoms with Crippen molar-refractivity contribution in [1.82, 2.24) is 9.80 Å². The standard InChI is InChI=1S/C18H28N2O3S/c1-12(2)19(13(3)4)6-7-20-17(23)5-8-24-18(20)14-9-15(21)11-16(22)10-14/h9-13,18,21-22H,5-8H2,1-4H3. The van der Waals surface area contributed by atoms with Crippen molar-refractivity contribution in [2.45, 2.75) is 51.6 Å². The van der Waals surface area contributed by atoms with Gasteiger partial charge in [0.05, 0.1) is 0 Å². The molecule has 1 saturated heterocycles. The van der Waals surface area contributed by atoms with Crippen molar-refractivity contribution in [2.24, 2.45) is 0 Å². The quantitative estimate of drug-likeness (QED) is 0.823. The van der Waals surface area contributed by atoms with Gasteiger partial charge in [0.1, 0.15) is 16.9 Å². The van der Waals surface area contributed by atoms with Gasteiger partial charge in [-0.1, -0.05) is 0 Å². The minimum absolute atomic E-state index is 0.0227. The van der Waals surface area contributed by atoms with Gasteiger partial charge >= 0.3 is 0 Å². The lowest BCUT2D eigenvalue weighted by Crippen LogP contribution is -2.46. The lowest BCUT2D eigenvalue weighted by atomic mass is 10.1. The lowest BCUT2D eigenvalue weighted by Gasteiger charge is -2.38. The summed E-state index contributed by atoms with van der Waals surface area (Å²) in [4.78, 5) is 16.7. The molecule has 1 aliphatic heterocycles. The Morgan fingerprint density at radius 3 is 2.29 bits per heavy atom. The van der Waals surface area contributed by atoms with Crippen LogP contribution in [0.5, 0.6) is 11.5 Å². The Hall–Kier alpha value is -1.40. The summed E-state index contributed by atoms with van der Waals surface area (Å²) < 4.78 is 0. The van der Waals surface area contributed by atoms with Crippen LogP contribution in [-0.2, 0) is 4.79 Å². The van der Waals surface area contributed by atoms with E-state index in [1.807, 2.05) is 4.90 Å². The first kappa shape index (κ1) is 18.9. The smallest absolute Gasteiger partial charge is 0.224 e. The number of aromatic hydroxyl groups is 2. The largest absolute Gasteiger partial charge is 0.508 e. The molecule has 0 aromatic heterocycles. The zero-order chi connectivity index (χ0) is 17.9. The maximum atomic E-state index is 12.5. The molecule has 2 N–H and O–H groups in total. The van der Waals surface area contributed by atoms with E-state index in [9.17, 15) is 15.0 Å². The number of amides is 1. The van der Waals surface area contributed by atoms with Gasteiger partial charge in [0.15, 0.2) is 0 Å². The maximum Gasteiger partial charge on any atom is 0.224 e. The molecule has 1 aliphatic rings. The number of phenolic OH excluding ortho intramolecular Hbond substituents is 2. The van der Waals surface area contributed by atoms with Crippen molar-refractivity contribution in [1.29, 1.82) is 0 Å². The molecule has 5 nitrogen and oxygen atoms in total. The van der Waals surface area contributed by atoms with E-state index in [4.69, 9.17) is 0 Å². The van der Waals surface area contributed by atoms with Crippen LogP contribution in [0.1, 0.15) is 45.1 Å². The fraction of sp³-hybridized carbons (Fsp3) is 0.611. The second kappa shape index (κ2) is 8.12. The summed E-state index contributed by atoms with van der Waals surface area (Å²) in [5.74, 6) is 0.937. The highest BCUT2D eigenvalue weighted by atomic mass is 32.2. The van der Waals surface area contributed by atoms with E-state index in [0.29, 0.717) is 25.0 Å². The number of rotatable bonds is 6. The van der Waals surface area contributed by atoms with Crippen LogP contribution in [0, 0.1) is 0 Å². The van der Waals surface area contributed by atoms with Gasteiger partial charge in [-0.2, -0.15) is 0 Å². The van der Waals surface area contributed by atoms with Gasteiger partial charge in [0.2, 0.25) is 5.91 Å². The van der Waals surface area contributed by atoms with Gasteiger partial charge < -0.3 is 15.1 Å². The van der Waals surface area contributed by atoms with Crippen LogP contribution in [0.2, 0.25) is 0 Å². The third-order valence-electron chi connectivity index (χ3n) is 4.33. The summed E-state index contributed by atoms with van der Waals surface area (Å²) in [6, 6.07) is 5.40. The molecule has 2 rings (SSSR count). The van der Waals surface area contributed by atoms with E-state index >= 15 is 0 Å². The van der Waals surface area contributed by atoms with Gasteiger partial charge in [-0.05, 0) is 45.4 Å². The van der Waals surface area contributed by atoms with Crippen molar-refractivity contribution in [3.8, 4) is 11.5 Å². The molecule has 0 bridgehead atoms. The molecule has 6 heteroatoms. The van der Waals surface area contributed by atoms with Gasteiger partial charge in [-0.15, -0.1) is 11.8 Å². The predicted octanol–water partition coefficient (Wildman–Crippen LogP) is 3.18. The first-order chi connectivity index (χ1) is 11.3. The molecule has 0 aliphatic carbocycles. The molecule has 134 valence electrons. The van der Waals surface area contributed by atoms with Crippen LogP contribution in [-0.4, -0.2) is 56.8 Å². The summed E-state index contributed by atoms with van der Waals surface area (Å²) in [5.41, 5.74) is 0.770. The average molecular weight is 353 g/mol. The minimum atomic E-state index is -0.162. The van der Waals surface area contributed by atoms with Crippen LogP contribution < -0.4 is 0 Å². The van der Waals surface area contributed by atoms with Crippen molar-refractivity contribution in [3.63, 3.8) is 0 Å². The fourth-order valence-electron chi connectivity index (χ4n) is 3.24. The second-order valence-corrected chi connectivity index (χ2v) is 7.96. The summed E-state index contributed by atoms with van der Waals surface area (Å²) >= 11 is 1.68. The lowest BCUT2D eigenvalue weighted by molar-refractivity contribution is -0.132. The Kier molecular flexibility index (Phi) is 6.40. The monoisotopic (exact) mass is 352 g/mol. The number of benzene rings is 1. The Labute approximate surface area is 148 Å². The molecule has 1 aromatic carbocycles. The maximum absolute atomic E-state index is 12.5. The molecular formula is C18H28N2O3S. The minimum Gasteiger partial charge on any atom is -0.508 e. The van der Waals surface area contributed by atoms with Gasteiger partial charge in [-0.3, -0.25) is 9.69 Å². The van der Waals surface area contributed by atoms with Gasteiger partial charge in [0, 0.05) is 43.4 Å². The van der Waals surface area contributed by atoms with Crippen molar-refractivity contribution in [3.05, 3.63) is 23.8 Å². The molecular weight excluding hydrogens is 324 g/mol. The molecule has 1 fully saturated rings. The zero-order valence-electron chi connectivity index (χ0n) is 14.9. The first-order valence-electron chi connectivity index (χ1n) is 8.49. The predicted molar refractivity (Wildman–Crippen MR) is 98.3 cm³/mol. The SMILES string of the molecule is CC(C)N(CCN1C(=O)CCSC1c1cc(O)cc(O)c1)C(C)C. The summed E-state index contributed by atoms with van der Waals surface area (Å²) in [7, 11) is 0. The molecule has 1 unspecified atom stereocenters. The van der Waals surface area contributed by atoms with E-state index in [1.165, 1.54) is 6.07 Å². The normalized spacial score (nSPS) is 18.9. The third-order valence-corrected chi connectivity index (χ3v) is 5.61.